The van der Waals surface area contributed by atoms with Crippen LogP contribution in [0.1, 0.15) is 237 Å². The predicted octanol–water partition coefficient (Wildman–Crippen LogP) is 11.8. The molecule has 0 aromatic carbocycles. The first kappa shape index (κ1) is 65.1. The van der Waals surface area contributed by atoms with E-state index < -0.39 is 0 Å². The van der Waals surface area contributed by atoms with Gasteiger partial charge >= 0.3 is 0 Å². The van der Waals surface area contributed by atoms with Crippen molar-refractivity contribution in [2.24, 2.45) is 0 Å². The fraction of sp³-hybridized carbons (Fsp3) is 0.897. The number of aromatic nitrogens is 6. The number of piperidine rings is 2. The van der Waals surface area contributed by atoms with E-state index in [2.05, 4.69) is 124 Å². The Kier molecular flexibility index (Phi) is 29.0. The summed E-state index contributed by atoms with van der Waals surface area (Å²) in [5, 5.41) is 37.5. The topological polar surface area (TPSA) is 197 Å². The number of aliphatic hydroxyl groups is 2. The summed E-state index contributed by atoms with van der Waals surface area (Å²) in [5.74, 6) is 3.37. The van der Waals surface area contributed by atoms with Crippen LogP contribution in [0.15, 0.2) is 0 Å². The van der Waals surface area contributed by atoms with Gasteiger partial charge in [-0.15, -0.1) is 0 Å². The van der Waals surface area contributed by atoms with Crippen LogP contribution in [0.5, 0.6) is 0 Å². The highest BCUT2D eigenvalue weighted by Crippen LogP contribution is 2.43. The third-order valence-corrected chi connectivity index (χ3v) is 15.2. The summed E-state index contributed by atoms with van der Waals surface area (Å²) in [6.07, 6.45) is 26.7. The molecule has 2 aliphatic heterocycles. The van der Waals surface area contributed by atoms with Crippen LogP contribution in [-0.4, -0.2) is 150 Å². The zero-order valence-electron chi connectivity index (χ0n) is 50.4. The van der Waals surface area contributed by atoms with Gasteiger partial charge in [-0.3, -0.25) is 9.68 Å². The molecule has 2 aromatic rings. The lowest BCUT2D eigenvalue weighted by Crippen LogP contribution is -2.64. The Labute approximate surface area is 462 Å². The summed E-state index contributed by atoms with van der Waals surface area (Å²) < 4.78 is 0. The molecule has 2 fully saturated rings. The molecule has 0 radical (unpaired) electrons. The van der Waals surface area contributed by atoms with E-state index in [4.69, 9.17) is 39.6 Å². The summed E-state index contributed by atoms with van der Waals surface area (Å²) >= 11 is 0. The Bertz CT molecular complexity index is 1710. The van der Waals surface area contributed by atoms with Gasteiger partial charge in [-0.25, -0.2) is 0 Å². The Morgan fingerprint density at radius 3 is 1.01 bits per heavy atom. The molecule has 438 valence electrons. The minimum Gasteiger partial charge on any atom is -0.395 e. The lowest BCUT2D eigenvalue weighted by atomic mass is 9.78. The van der Waals surface area contributed by atoms with Crippen molar-refractivity contribution >= 4 is 35.7 Å². The van der Waals surface area contributed by atoms with Crippen LogP contribution in [0.2, 0.25) is 0 Å². The minimum atomic E-state index is -0.194. The summed E-state index contributed by atoms with van der Waals surface area (Å²) in [6.45, 7) is 32.8. The molecule has 6 N–H and O–H groups in total. The fourth-order valence-corrected chi connectivity index (χ4v) is 11.8. The zero-order valence-corrected chi connectivity index (χ0v) is 50.4. The predicted molar refractivity (Wildman–Crippen MR) is 315 cm³/mol. The highest BCUT2D eigenvalue weighted by Gasteiger charge is 2.50. The highest BCUT2D eigenvalue weighted by molar-refractivity contribution is 5.46. The lowest BCUT2D eigenvalue weighted by Gasteiger charge is -2.55. The van der Waals surface area contributed by atoms with Gasteiger partial charge in [0.05, 0.1) is 26.4 Å². The van der Waals surface area contributed by atoms with Gasteiger partial charge in [-0.2, -0.15) is 40.0 Å². The third-order valence-electron chi connectivity index (χ3n) is 15.2. The van der Waals surface area contributed by atoms with E-state index in [-0.39, 0.29) is 47.5 Å². The Morgan fingerprint density at radius 1 is 0.408 bits per heavy atom. The number of nitrogens with zero attached hydrogens (tertiary/aromatic N) is 10. The lowest BCUT2D eigenvalue weighted by molar-refractivity contribution is -0.283. The monoisotopic (exact) mass is 1070 g/mol. The van der Waals surface area contributed by atoms with Crippen LogP contribution in [0.4, 0.5) is 35.7 Å². The van der Waals surface area contributed by atoms with Crippen LogP contribution in [0.3, 0.4) is 0 Å². The molecule has 18 heteroatoms. The molecule has 4 rings (SSSR count). The number of hydroxylamine groups is 4. The molecule has 18 nitrogen and oxygen atoms in total. The van der Waals surface area contributed by atoms with E-state index in [1.165, 1.54) is 64.2 Å². The molecule has 2 aliphatic rings. The van der Waals surface area contributed by atoms with Gasteiger partial charge in [-0.05, 0) is 120 Å². The number of unbranched alkanes of at least 4 members (excludes halogenated alkanes) is 15. The average molecular weight is 1070 g/mol. The average Bonchev–Trinajstić information content (AvgIpc) is 3.36. The summed E-state index contributed by atoms with van der Waals surface area (Å²) in [5.41, 5.74) is -0.775. The van der Waals surface area contributed by atoms with Crippen molar-refractivity contribution < 1.29 is 19.9 Å². The van der Waals surface area contributed by atoms with Crippen molar-refractivity contribution in [1.29, 1.82) is 0 Å². The molecule has 0 amide bonds. The molecular weight excluding hydrogens is 957 g/mol. The van der Waals surface area contributed by atoms with Crippen LogP contribution < -0.4 is 31.1 Å². The number of hydrogen-bond acceptors (Lipinski definition) is 18. The maximum absolute atomic E-state index is 9.72. The third kappa shape index (κ3) is 21.7. The molecule has 76 heavy (non-hydrogen) atoms. The summed E-state index contributed by atoms with van der Waals surface area (Å²) in [4.78, 5) is 47.6. The molecule has 0 atom stereocenters. The molecule has 0 bridgehead atoms. The maximum atomic E-state index is 9.72. The van der Waals surface area contributed by atoms with E-state index in [1.807, 2.05) is 0 Å². The second-order valence-electron chi connectivity index (χ2n) is 24.4. The van der Waals surface area contributed by atoms with Gasteiger partial charge in [0.2, 0.25) is 35.7 Å². The largest absolute Gasteiger partial charge is 0.395 e. The number of aliphatic hydroxyl groups excluding tert-OH is 2. The Balaban J connectivity index is 1.37. The first-order valence-electron chi connectivity index (χ1n) is 30.5. The Morgan fingerprint density at radius 2 is 0.697 bits per heavy atom. The fourth-order valence-electron chi connectivity index (χ4n) is 11.8. The SMILES string of the molecule is CCCCCCCCON1C(C)(C)CC(N(CCCC)c2nc(NCCO)nc(NCCCCCCNc3nc(NCCO)nc(N(CCCC)C4CC(C)(C)N(OCCCCCCCC)C(C)(C)C4)n3)n2)CC1(C)C. The molecule has 2 aromatic heterocycles. The number of hydrogen-bond donors (Lipinski definition) is 6. The van der Waals surface area contributed by atoms with Crippen LogP contribution in [-0.2, 0) is 9.68 Å². The summed E-state index contributed by atoms with van der Waals surface area (Å²) in [7, 11) is 0. The standard InChI is InChI=1S/C58H112N14O4/c1-13-17-21-23-27-31-41-75-71-55(5,6)43-47(44-56(71,7)8)69(37-19-15-3)53-65-49(63-51(67-53)61-35-39-73)59-33-29-25-26-30-34-60-50-64-52(62-36-40-74)68-54(66-50)70(38-20-16-4)48-45-57(9,10)72(58(11,12)46-48)76-42-32-28-24-22-18-14-2/h47-48,73-74H,13-46H2,1-12H3,(H2,59,61,63,65,67)(H2,60,62,64,66,68). The smallest absolute Gasteiger partial charge is 0.232 e. The molecule has 0 unspecified atom stereocenters. The molecular formula is C58H112N14O4. The second-order valence-corrected chi connectivity index (χ2v) is 24.4. The van der Waals surface area contributed by atoms with Crippen LogP contribution >= 0.6 is 0 Å². The molecule has 4 heterocycles. The van der Waals surface area contributed by atoms with Crippen molar-refractivity contribution in [2.75, 3.05) is 96.8 Å². The van der Waals surface area contributed by atoms with Crippen LogP contribution in [0.25, 0.3) is 0 Å². The van der Waals surface area contributed by atoms with Crippen molar-refractivity contribution in [1.82, 2.24) is 40.0 Å². The molecule has 0 aliphatic carbocycles. The quantitative estimate of drug-likeness (QED) is 0.0344. The van der Waals surface area contributed by atoms with E-state index in [1.54, 1.807) is 0 Å². The molecule has 2 saturated heterocycles. The summed E-state index contributed by atoms with van der Waals surface area (Å²) in [6, 6.07) is 0.408. The molecule has 0 spiro atoms. The van der Waals surface area contributed by atoms with Crippen molar-refractivity contribution in [3.8, 4) is 0 Å². The van der Waals surface area contributed by atoms with Gasteiger partial charge in [0, 0.05) is 73.5 Å². The van der Waals surface area contributed by atoms with Gasteiger partial charge in [0.25, 0.3) is 0 Å². The van der Waals surface area contributed by atoms with Crippen molar-refractivity contribution in [3.63, 3.8) is 0 Å². The van der Waals surface area contributed by atoms with Gasteiger partial charge < -0.3 is 41.3 Å². The first-order valence-corrected chi connectivity index (χ1v) is 30.5. The van der Waals surface area contributed by atoms with E-state index >= 15 is 0 Å². The number of anilines is 6. The second kappa shape index (κ2) is 33.9. The minimum absolute atomic E-state index is 0.0164. The van der Waals surface area contributed by atoms with Gasteiger partial charge in [0.1, 0.15) is 0 Å². The number of nitrogens with one attached hydrogen (secondary N) is 4. The van der Waals surface area contributed by atoms with Gasteiger partial charge in [0.15, 0.2) is 0 Å². The van der Waals surface area contributed by atoms with Crippen LogP contribution in [0, 0.1) is 0 Å². The highest BCUT2D eigenvalue weighted by atomic mass is 16.7. The maximum Gasteiger partial charge on any atom is 0.232 e. The van der Waals surface area contributed by atoms with Crippen molar-refractivity contribution in [2.45, 2.75) is 271 Å². The molecule has 0 saturated carbocycles. The normalized spacial score (nSPS) is 17.7. The number of rotatable bonds is 41. The Hall–Kier alpha value is -3.42. The van der Waals surface area contributed by atoms with Gasteiger partial charge in [-0.1, -0.05) is 118 Å². The van der Waals surface area contributed by atoms with E-state index in [0.717, 1.165) is 129 Å². The van der Waals surface area contributed by atoms with E-state index in [9.17, 15) is 10.2 Å². The van der Waals surface area contributed by atoms with Crippen molar-refractivity contribution in [3.05, 3.63) is 0 Å². The van der Waals surface area contributed by atoms with E-state index in [0.29, 0.717) is 48.8 Å². The first-order chi connectivity index (χ1) is 36.4. The zero-order chi connectivity index (χ0) is 55.5.